The minimum absolute atomic E-state index is 0.278. The molecule has 2 aromatic rings. The number of H-pyrrole nitrogens is 1. The summed E-state index contributed by atoms with van der Waals surface area (Å²) >= 11 is 0. The molecule has 1 aliphatic rings. The first-order valence-electron chi connectivity index (χ1n) is 6.98. The smallest absolute Gasteiger partial charge is 0.241 e. The van der Waals surface area contributed by atoms with Crippen LogP contribution in [0.2, 0.25) is 0 Å². The van der Waals surface area contributed by atoms with Gasteiger partial charge in [-0.25, -0.2) is 18.1 Å². The molecule has 0 amide bonds. The van der Waals surface area contributed by atoms with E-state index in [9.17, 15) is 8.42 Å². The lowest BCUT2D eigenvalue weighted by atomic mass is 10.2. The fraction of sp³-hybridized carbons (Fsp3) is 0.357. The summed E-state index contributed by atoms with van der Waals surface area (Å²) in [6, 6.07) is 4.87. The molecule has 0 aliphatic carbocycles. The van der Waals surface area contributed by atoms with Crippen LogP contribution in [0.1, 0.15) is 30.8 Å². The Balaban J connectivity index is 1.86. The number of hydrogen-bond acceptors (Lipinski definition) is 4. The van der Waals surface area contributed by atoms with Gasteiger partial charge in [0.1, 0.15) is 5.82 Å². The van der Waals surface area contributed by atoms with Gasteiger partial charge in [-0.1, -0.05) is 13.0 Å². The van der Waals surface area contributed by atoms with E-state index in [2.05, 4.69) is 20.0 Å². The van der Waals surface area contributed by atoms with E-state index in [0.29, 0.717) is 12.2 Å². The van der Waals surface area contributed by atoms with Crippen molar-refractivity contribution in [2.75, 3.05) is 11.9 Å². The number of benzene rings is 1. The van der Waals surface area contributed by atoms with E-state index in [4.69, 9.17) is 0 Å². The highest BCUT2D eigenvalue weighted by molar-refractivity contribution is 7.89. The molecule has 0 saturated heterocycles. The third kappa shape index (κ3) is 2.79. The Hall–Kier alpha value is -1.86. The van der Waals surface area contributed by atoms with Crippen molar-refractivity contribution in [3.63, 3.8) is 0 Å². The van der Waals surface area contributed by atoms with Gasteiger partial charge in [0.25, 0.3) is 0 Å². The van der Waals surface area contributed by atoms with Gasteiger partial charge in [0, 0.05) is 24.6 Å². The molecule has 21 heavy (non-hydrogen) atoms. The predicted octanol–water partition coefficient (Wildman–Crippen LogP) is 1.81. The highest BCUT2D eigenvalue weighted by Crippen LogP contribution is 2.26. The lowest BCUT2D eigenvalue weighted by Gasteiger charge is -2.15. The van der Waals surface area contributed by atoms with Crippen LogP contribution in [0.5, 0.6) is 0 Å². The molecular weight excluding hydrogens is 288 g/mol. The summed E-state index contributed by atoms with van der Waals surface area (Å²) in [6.45, 7) is 2.77. The lowest BCUT2D eigenvalue weighted by molar-refractivity contribution is 0.539. The van der Waals surface area contributed by atoms with Gasteiger partial charge in [0.2, 0.25) is 10.0 Å². The molecule has 1 aromatic heterocycles. The minimum Gasteiger partial charge on any atom is -0.384 e. The van der Waals surface area contributed by atoms with Crippen molar-refractivity contribution in [3.8, 4) is 0 Å². The van der Waals surface area contributed by atoms with Gasteiger partial charge >= 0.3 is 0 Å². The van der Waals surface area contributed by atoms with Crippen LogP contribution >= 0.6 is 0 Å². The number of nitrogens with one attached hydrogen (secondary N) is 3. The molecule has 1 aromatic carbocycles. The number of anilines is 1. The normalized spacial score (nSPS) is 15.5. The van der Waals surface area contributed by atoms with Gasteiger partial charge in [-0.15, -0.1) is 0 Å². The van der Waals surface area contributed by atoms with Gasteiger partial charge in [-0.3, -0.25) is 0 Å². The molecule has 1 unspecified atom stereocenters. The van der Waals surface area contributed by atoms with Gasteiger partial charge < -0.3 is 10.3 Å². The Morgan fingerprint density at radius 1 is 1.43 bits per heavy atom. The van der Waals surface area contributed by atoms with Crippen LogP contribution in [0.3, 0.4) is 0 Å². The van der Waals surface area contributed by atoms with Crippen molar-refractivity contribution in [1.29, 1.82) is 0 Å². The van der Waals surface area contributed by atoms with Crippen molar-refractivity contribution in [1.82, 2.24) is 14.7 Å². The van der Waals surface area contributed by atoms with E-state index in [1.54, 1.807) is 24.5 Å². The first kappa shape index (κ1) is 14.1. The molecule has 0 bridgehead atoms. The highest BCUT2D eigenvalue weighted by atomic mass is 32.2. The van der Waals surface area contributed by atoms with E-state index in [0.717, 1.165) is 24.2 Å². The van der Waals surface area contributed by atoms with Gasteiger partial charge in [-0.05, 0) is 30.5 Å². The van der Waals surface area contributed by atoms with Crippen LogP contribution in [-0.4, -0.2) is 24.9 Å². The average molecular weight is 306 g/mol. The van der Waals surface area contributed by atoms with E-state index in [1.165, 1.54) is 0 Å². The van der Waals surface area contributed by atoms with Crippen LogP contribution in [-0.2, 0) is 16.4 Å². The molecule has 1 aliphatic heterocycles. The molecule has 7 heteroatoms. The topological polar surface area (TPSA) is 86.9 Å². The first-order valence-corrected chi connectivity index (χ1v) is 8.47. The molecule has 0 radical (unpaired) electrons. The molecule has 0 fully saturated rings. The fourth-order valence-corrected chi connectivity index (χ4v) is 3.80. The second kappa shape index (κ2) is 5.50. The summed E-state index contributed by atoms with van der Waals surface area (Å²) in [5.41, 5.74) is 2.07. The maximum atomic E-state index is 12.5. The van der Waals surface area contributed by atoms with Crippen molar-refractivity contribution in [2.24, 2.45) is 0 Å². The fourth-order valence-electron chi connectivity index (χ4n) is 2.49. The Bertz CT molecular complexity index is 725. The maximum absolute atomic E-state index is 12.5. The van der Waals surface area contributed by atoms with Crippen LogP contribution < -0.4 is 10.0 Å². The SMILES string of the molecule is CCC(NS(=O)(=O)c1ccc2c(c1)NCC2)c1ncc[nH]1. The molecule has 3 N–H and O–H groups in total. The Kier molecular flexibility index (Phi) is 3.69. The number of aromatic amines is 1. The van der Waals surface area contributed by atoms with E-state index >= 15 is 0 Å². The van der Waals surface area contributed by atoms with E-state index < -0.39 is 10.0 Å². The maximum Gasteiger partial charge on any atom is 0.241 e. The second-order valence-corrected chi connectivity index (χ2v) is 6.77. The predicted molar refractivity (Wildman–Crippen MR) is 80.6 cm³/mol. The number of nitrogens with zero attached hydrogens (tertiary/aromatic N) is 1. The molecule has 1 atom stereocenters. The standard InChI is InChI=1S/C14H18N4O2S/c1-2-12(14-16-7-8-17-14)18-21(19,20)11-4-3-10-5-6-15-13(10)9-11/h3-4,7-9,12,15,18H,2,5-6H2,1H3,(H,16,17). The average Bonchev–Trinajstić information content (AvgIpc) is 3.14. The summed E-state index contributed by atoms with van der Waals surface area (Å²) in [5, 5.41) is 3.20. The van der Waals surface area contributed by atoms with Crippen molar-refractivity contribution in [2.45, 2.75) is 30.7 Å². The largest absolute Gasteiger partial charge is 0.384 e. The summed E-state index contributed by atoms with van der Waals surface area (Å²) in [6.07, 6.45) is 4.86. The molecule has 0 saturated carbocycles. The van der Waals surface area contributed by atoms with Crippen molar-refractivity contribution in [3.05, 3.63) is 42.0 Å². The minimum atomic E-state index is -3.57. The number of hydrogen-bond donors (Lipinski definition) is 3. The zero-order valence-corrected chi connectivity index (χ0v) is 12.6. The van der Waals surface area contributed by atoms with E-state index in [1.807, 2.05) is 13.0 Å². The number of imidazole rings is 1. The highest BCUT2D eigenvalue weighted by Gasteiger charge is 2.23. The monoisotopic (exact) mass is 306 g/mol. The Morgan fingerprint density at radius 2 is 2.29 bits per heavy atom. The zero-order chi connectivity index (χ0) is 14.9. The zero-order valence-electron chi connectivity index (χ0n) is 11.8. The molecule has 6 nitrogen and oxygen atoms in total. The van der Waals surface area contributed by atoms with Crippen LogP contribution in [0.15, 0.2) is 35.5 Å². The third-order valence-electron chi connectivity index (χ3n) is 3.66. The first-order chi connectivity index (χ1) is 10.1. The van der Waals surface area contributed by atoms with Crippen LogP contribution in [0.25, 0.3) is 0 Å². The Labute approximate surface area is 124 Å². The lowest BCUT2D eigenvalue weighted by Crippen LogP contribution is -2.29. The van der Waals surface area contributed by atoms with E-state index in [-0.39, 0.29) is 10.9 Å². The Morgan fingerprint density at radius 3 is 3.00 bits per heavy atom. The van der Waals surface area contributed by atoms with Crippen LogP contribution in [0, 0.1) is 0 Å². The molecule has 112 valence electrons. The summed E-state index contributed by atoms with van der Waals surface area (Å²) < 4.78 is 27.7. The summed E-state index contributed by atoms with van der Waals surface area (Å²) in [5.74, 6) is 0.625. The van der Waals surface area contributed by atoms with Gasteiger partial charge in [0.15, 0.2) is 0 Å². The van der Waals surface area contributed by atoms with Crippen molar-refractivity contribution < 1.29 is 8.42 Å². The molecular formula is C14H18N4O2S. The number of aromatic nitrogens is 2. The second-order valence-electron chi connectivity index (χ2n) is 5.05. The van der Waals surface area contributed by atoms with Gasteiger partial charge in [-0.2, -0.15) is 0 Å². The summed E-state index contributed by atoms with van der Waals surface area (Å²) in [4.78, 5) is 7.36. The van der Waals surface area contributed by atoms with Crippen LogP contribution in [0.4, 0.5) is 5.69 Å². The third-order valence-corrected chi connectivity index (χ3v) is 5.13. The van der Waals surface area contributed by atoms with Gasteiger partial charge in [0.05, 0.1) is 10.9 Å². The summed E-state index contributed by atoms with van der Waals surface area (Å²) in [7, 11) is -3.57. The van der Waals surface area contributed by atoms with Crippen molar-refractivity contribution >= 4 is 15.7 Å². The number of sulfonamides is 1. The molecule has 2 heterocycles. The molecule has 3 rings (SSSR count). The number of rotatable bonds is 5. The number of fused-ring (bicyclic) bond motifs is 1. The molecule has 0 spiro atoms. The quantitative estimate of drug-likeness (QED) is 0.786.